The zero-order chi connectivity index (χ0) is 18.1. The van der Waals surface area contributed by atoms with Gasteiger partial charge in [-0.2, -0.15) is 0 Å². The van der Waals surface area contributed by atoms with Crippen LogP contribution in [0.25, 0.3) is 0 Å². The van der Waals surface area contributed by atoms with Crippen LogP contribution in [-0.2, 0) is 14.3 Å². The molecule has 0 spiro atoms. The van der Waals surface area contributed by atoms with E-state index in [4.69, 9.17) is 16.3 Å². The molecule has 1 amide bonds. The van der Waals surface area contributed by atoms with E-state index in [1.165, 1.54) is 7.11 Å². The minimum absolute atomic E-state index is 0.117. The number of halogens is 1. The van der Waals surface area contributed by atoms with Crippen LogP contribution in [0.5, 0.6) is 0 Å². The van der Waals surface area contributed by atoms with Gasteiger partial charge in [-0.3, -0.25) is 14.5 Å². The first-order valence-corrected chi connectivity index (χ1v) is 8.89. The molecule has 7 heteroatoms. The molecule has 1 aromatic rings. The Kier molecular flexibility index (Phi) is 8.18. The van der Waals surface area contributed by atoms with Crippen LogP contribution in [0.4, 0.5) is 0 Å². The van der Waals surface area contributed by atoms with Gasteiger partial charge in [-0.1, -0.05) is 17.7 Å². The number of morpholine rings is 1. The molecule has 1 aromatic carbocycles. The first-order chi connectivity index (χ1) is 12.1. The minimum Gasteiger partial charge on any atom is -0.469 e. The second kappa shape index (κ2) is 10.4. The van der Waals surface area contributed by atoms with Crippen molar-refractivity contribution in [3.63, 3.8) is 0 Å². The molecule has 1 saturated heterocycles. The van der Waals surface area contributed by atoms with E-state index in [0.29, 0.717) is 23.7 Å². The van der Waals surface area contributed by atoms with Crippen LogP contribution in [0.3, 0.4) is 0 Å². The summed E-state index contributed by atoms with van der Waals surface area (Å²) in [5, 5.41) is 0.520. The largest absolute Gasteiger partial charge is 0.469 e. The average Bonchev–Trinajstić information content (AvgIpc) is 2.64. The third-order valence-electron chi connectivity index (χ3n) is 4.18. The van der Waals surface area contributed by atoms with Crippen molar-refractivity contribution in [2.45, 2.75) is 12.8 Å². The van der Waals surface area contributed by atoms with Gasteiger partial charge in [0.05, 0.1) is 26.7 Å². The van der Waals surface area contributed by atoms with E-state index in [0.717, 1.165) is 39.3 Å². The summed E-state index contributed by atoms with van der Waals surface area (Å²) in [4.78, 5) is 28.2. The van der Waals surface area contributed by atoms with Crippen molar-refractivity contribution in [3.05, 3.63) is 34.9 Å². The van der Waals surface area contributed by atoms with Crippen molar-refractivity contribution in [1.82, 2.24) is 9.80 Å². The van der Waals surface area contributed by atoms with Crippen molar-refractivity contribution < 1.29 is 19.1 Å². The Morgan fingerprint density at radius 1 is 1.28 bits per heavy atom. The molecular weight excluding hydrogens is 344 g/mol. The molecule has 2 rings (SSSR count). The van der Waals surface area contributed by atoms with Gasteiger partial charge in [0, 0.05) is 43.3 Å². The number of benzene rings is 1. The lowest BCUT2D eigenvalue weighted by atomic mass is 10.2. The van der Waals surface area contributed by atoms with E-state index < -0.39 is 0 Å². The molecule has 1 aliphatic rings. The monoisotopic (exact) mass is 368 g/mol. The van der Waals surface area contributed by atoms with E-state index >= 15 is 0 Å². The summed E-state index contributed by atoms with van der Waals surface area (Å²) in [7, 11) is 1.35. The number of carbonyl (C=O) groups excluding carboxylic acids is 2. The Hall–Kier alpha value is -1.63. The molecule has 25 heavy (non-hydrogen) atoms. The van der Waals surface area contributed by atoms with Crippen LogP contribution in [0.15, 0.2) is 24.3 Å². The van der Waals surface area contributed by atoms with Crippen molar-refractivity contribution in [3.8, 4) is 0 Å². The fourth-order valence-corrected chi connectivity index (χ4v) is 2.95. The summed E-state index contributed by atoms with van der Waals surface area (Å²) < 4.78 is 10.0. The highest BCUT2D eigenvalue weighted by molar-refractivity contribution is 6.30. The van der Waals surface area contributed by atoms with E-state index in [2.05, 4.69) is 9.64 Å². The second-order valence-corrected chi connectivity index (χ2v) is 6.37. The maximum absolute atomic E-state index is 12.8. The summed E-state index contributed by atoms with van der Waals surface area (Å²) in [6.45, 7) is 5.18. The summed E-state index contributed by atoms with van der Waals surface area (Å²) in [5.74, 6) is -0.439. The van der Waals surface area contributed by atoms with Crippen molar-refractivity contribution in [2.24, 2.45) is 0 Å². The standard InChI is InChI=1S/C18H25ClN2O4/c1-24-17(22)6-9-21(8-3-7-20-10-12-25-13-11-20)18(23)15-4-2-5-16(19)14-15/h2,4-5,14H,3,6-13H2,1H3. The molecular formula is C18H25ClN2O4. The predicted molar refractivity (Wildman–Crippen MR) is 95.9 cm³/mol. The molecule has 138 valence electrons. The number of hydrogen-bond acceptors (Lipinski definition) is 5. The van der Waals surface area contributed by atoms with E-state index in [-0.39, 0.29) is 18.3 Å². The number of amides is 1. The maximum atomic E-state index is 12.8. The Labute approximate surface area is 153 Å². The molecule has 0 N–H and O–H groups in total. The average molecular weight is 369 g/mol. The van der Waals surface area contributed by atoms with Crippen molar-refractivity contribution >= 4 is 23.5 Å². The van der Waals surface area contributed by atoms with Crippen molar-refractivity contribution in [2.75, 3.05) is 53.0 Å². The number of carbonyl (C=O) groups is 2. The summed E-state index contributed by atoms with van der Waals surface area (Å²) in [5.41, 5.74) is 0.531. The highest BCUT2D eigenvalue weighted by Crippen LogP contribution is 2.14. The number of methoxy groups -OCH3 is 1. The number of rotatable bonds is 8. The molecule has 6 nitrogen and oxygen atoms in total. The molecule has 1 heterocycles. The minimum atomic E-state index is -0.322. The quantitative estimate of drug-likeness (QED) is 0.657. The molecule has 1 aliphatic heterocycles. The van der Waals surface area contributed by atoms with Gasteiger partial charge >= 0.3 is 5.97 Å². The van der Waals surface area contributed by atoms with Gasteiger partial charge in [0.2, 0.25) is 0 Å². The topological polar surface area (TPSA) is 59.1 Å². The molecule has 1 fully saturated rings. The Morgan fingerprint density at radius 3 is 2.72 bits per heavy atom. The molecule has 0 saturated carbocycles. The number of nitrogens with zero attached hydrogens (tertiary/aromatic N) is 2. The third-order valence-corrected chi connectivity index (χ3v) is 4.41. The number of ether oxygens (including phenoxy) is 2. The van der Waals surface area contributed by atoms with E-state index in [9.17, 15) is 9.59 Å². The summed E-state index contributed by atoms with van der Waals surface area (Å²) >= 11 is 5.99. The zero-order valence-corrected chi connectivity index (χ0v) is 15.3. The zero-order valence-electron chi connectivity index (χ0n) is 14.6. The molecule has 0 atom stereocenters. The Bertz CT molecular complexity index is 576. The smallest absolute Gasteiger partial charge is 0.307 e. The van der Waals surface area contributed by atoms with E-state index in [1.807, 2.05) is 0 Å². The molecule has 0 aromatic heterocycles. The molecule has 0 radical (unpaired) electrons. The van der Waals surface area contributed by atoms with Gasteiger partial charge in [0.15, 0.2) is 0 Å². The Morgan fingerprint density at radius 2 is 2.04 bits per heavy atom. The fraction of sp³-hybridized carbons (Fsp3) is 0.556. The molecule has 0 unspecified atom stereocenters. The summed E-state index contributed by atoms with van der Waals surface area (Å²) in [6.07, 6.45) is 1.02. The maximum Gasteiger partial charge on any atom is 0.307 e. The van der Waals surface area contributed by atoms with Gasteiger partial charge in [0.1, 0.15) is 0 Å². The van der Waals surface area contributed by atoms with Gasteiger partial charge in [-0.25, -0.2) is 0 Å². The third kappa shape index (κ3) is 6.65. The van der Waals surface area contributed by atoms with Gasteiger partial charge < -0.3 is 14.4 Å². The summed E-state index contributed by atoms with van der Waals surface area (Å²) in [6, 6.07) is 6.87. The lowest BCUT2D eigenvalue weighted by Crippen LogP contribution is -2.39. The van der Waals surface area contributed by atoms with Crippen LogP contribution in [-0.4, -0.2) is 74.7 Å². The predicted octanol–water partition coefficient (Wildman–Crippen LogP) is 2.07. The molecule has 0 bridgehead atoms. The highest BCUT2D eigenvalue weighted by atomic mass is 35.5. The van der Waals surface area contributed by atoms with Crippen LogP contribution in [0.1, 0.15) is 23.2 Å². The lowest BCUT2D eigenvalue weighted by Gasteiger charge is -2.28. The van der Waals surface area contributed by atoms with E-state index in [1.54, 1.807) is 29.2 Å². The Balaban J connectivity index is 1.93. The lowest BCUT2D eigenvalue weighted by molar-refractivity contribution is -0.140. The second-order valence-electron chi connectivity index (χ2n) is 5.94. The van der Waals surface area contributed by atoms with Crippen molar-refractivity contribution in [1.29, 1.82) is 0 Å². The first-order valence-electron chi connectivity index (χ1n) is 8.52. The SMILES string of the molecule is COC(=O)CCN(CCCN1CCOCC1)C(=O)c1cccc(Cl)c1. The fourth-order valence-electron chi connectivity index (χ4n) is 2.76. The van der Waals surface area contributed by atoms with Gasteiger partial charge in [-0.05, 0) is 24.6 Å². The normalized spacial score (nSPS) is 15.0. The van der Waals surface area contributed by atoms with Crippen LogP contribution < -0.4 is 0 Å². The first kappa shape index (κ1) is 19.7. The number of esters is 1. The highest BCUT2D eigenvalue weighted by Gasteiger charge is 2.18. The van der Waals surface area contributed by atoms with Gasteiger partial charge in [0.25, 0.3) is 5.91 Å². The van der Waals surface area contributed by atoms with Gasteiger partial charge in [-0.15, -0.1) is 0 Å². The van der Waals surface area contributed by atoms with Crippen LogP contribution in [0, 0.1) is 0 Å². The van der Waals surface area contributed by atoms with Crippen LogP contribution >= 0.6 is 11.6 Å². The van der Waals surface area contributed by atoms with Crippen LogP contribution in [0.2, 0.25) is 5.02 Å². The number of hydrogen-bond donors (Lipinski definition) is 0. The molecule has 0 aliphatic carbocycles.